The first-order valence-electron chi connectivity index (χ1n) is 13.5. The second-order valence-corrected chi connectivity index (χ2v) is 10.9. The molecule has 0 amide bonds. The molecule has 0 aliphatic heterocycles. The Morgan fingerprint density at radius 1 is 0.575 bits per heavy atom. The van der Waals surface area contributed by atoms with Gasteiger partial charge in [0.15, 0.2) is 23.1 Å². The first-order chi connectivity index (χ1) is 18.8. The van der Waals surface area contributed by atoms with Crippen LogP contribution >= 0.6 is 0 Å². The van der Waals surface area contributed by atoms with Crippen LogP contribution in [0.1, 0.15) is 77.9 Å². The van der Waals surface area contributed by atoms with E-state index in [4.69, 9.17) is 0 Å². The standard InChI is InChI=1S/C33H36O7/c1-8-14(3)28(35)26-19-10-16(5)24(31(38)21(19)12-18(7)30(26)37)25-17(6)11-20-22(32(25)39)13-23(34)33(40)27(20)29(36)15(4)9-2/h10-15,34,37-40H,8-9H2,1-7H3. The minimum atomic E-state index is -0.539. The van der Waals surface area contributed by atoms with Crippen molar-refractivity contribution in [3.05, 3.63) is 52.1 Å². The van der Waals surface area contributed by atoms with Gasteiger partial charge >= 0.3 is 0 Å². The van der Waals surface area contributed by atoms with E-state index in [2.05, 4.69) is 0 Å². The smallest absolute Gasteiger partial charge is 0.170 e. The van der Waals surface area contributed by atoms with Gasteiger partial charge in [0.1, 0.15) is 17.2 Å². The average Bonchev–Trinajstić information content (AvgIpc) is 2.91. The van der Waals surface area contributed by atoms with Crippen molar-refractivity contribution < 1.29 is 35.1 Å². The number of hydrogen-bond acceptors (Lipinski definition) is 7. The van der Waals surface area contributed by atoms with Crippen molar-refractivity contribution in [1.29, 1.82) is 0 Å². The molecular formula is C33H36O7. The van der Waals surface area contributed by atoms with Crippen LogP contribution in [0.15, 0.2) is 24.3 Å². The van der Waals surface area contributed by atoms with Crippen molar-refractivity contribution in [2.75, 3.05) is 0 Å². The number of ketones is 2. The van der Waals surface area contributed by atoms with Gasteiger partial charge in [-0.3, -0.25) is 9.59 Å². The average molecular weight is 545 g/mol. The van der Waals surface area contributed by atoms with Crippen LogP contribution < -0.4 is 0 Å². The molecular weight excluding hydrogens is 508 g/mol. The van der Waals surface area contributed by atoms with Crippen LogP contribution in [0, 0.1) is 32.6 Å². The highest BCUT2D eigenvalue weighted by molar-refractivity contribution is 6.17. The lowest BCUT2D eigenvalue weighted by atomic mass is 9.84. The number of phenols is 5. The van der Waals surface area contributed by atoms with E-state index in [0.29, 0.717) is 51.3 Å². The summed E-state index contributed by atoms with van der Waals surface area (Å²) in [5.74, 6) is -2.97. The van der Waals surface area contributed by atoms with Gasteiger partial charge in [0.2, 0.25) is 0 Å². The highest BCUT2D eigenvalue weighted by atomic mass is 16.3. The molecule has 210 valence electrons. The molecule has 7 nitrogen and oxygen atoms in total. The summed E-state index contributed by atoms with van der Waals surface area (Å²) < 4.78 is 0. The fourth-order valence-electron chi connectivity index (χ4n) is 5.40. The van der Waals surface area contributed by atoms with Crippen molar-refractivity contribution >= 4 is 33.1 Å². The first kappa shape index (κ1) is 28.7. The summed E-state index contributed by atoms with van der Waals surface area (Å²) in [6, 6.07) is 6.18. The van der Waals surface area contributed by atoms with Crippen LogP contribution in [0.2, 0.25) is 0 Å². The van der Waals surface area contributed by atoms with Gasteiger partial charge in [0, 0.05) is 44.5 Å². The molecule has 4 aromatic carbocycles. The lowest BCUT2D eigenvalue weighted by Crippen LogP contribution is -2.12. The minimum Gasteiger partial charge on any atom is -0.507 e. The van der Waals surface area contributed by atoms with Crippen LogP contribution in [0.3, 0.4) is 0 Å². The molecule has 0 aliphatic rings. The third-order valence-electron chi connectivity index (χ3n) is 8.21. The molecule has 0 heterocycles. The number of carbonyl (C=O) groups excluding carboxylic acids is 2. The molecule has 4 aromatic rings. The lowest BCUT2D eigenvalue weighted by molar-refractivity contribution is 0.0918. The van der Waals surface area contributed by atoms with Crippen molar-refractivity contribution in [1.82, 2.24) is 0 Å². The van der Waals surface area contributed by atoms with Crippen molar-refractivity contribution in [3.8, 4) is 39.9 Å². The summed E-state index contributed by atoms with van der Waals surface area (Å²) in [6.07, 6.45) is 1.12. The quantitative estimate of drug-likeness (QED) is 0.120. The second-order valence-electron chi connectivity index (χ2n) is 10.9. The van der Waals surface area contributed by atoms with Crippen LogP contribution in [0.4, 0.5) is 0 Å². The zero-order chi connectivity index (χ0) is 29.8. The Morgan fingerprint density at radius 3 is 1.38 bits per heavy atom. The Labute approximate surface area is 233 Å². The summed E-state index contributed by atoms with van der Waals surface area (Å²) in [5, 5.41) is 56.3. The molecule has 0 saturated heterocycles. The predicted octanol–water partition coefficient (Wildman–Crippen LogP) is 7.57. The summed E-state index contributed by atoms with van der Waals surface area (Å²) in [6.45, 7) is 12.4. The van der Waals surface area contributed by atoms with Crippen LogP contribution in [0.25, 0.3) is 32.7 Å². The Balaban J connectivity index is 2.10. The number of fused-ring (bicyclic) bond motifs is 2. The summed E-state index contributed by atoms with van der Waals surface area (Å²) in [5.41, 5.74) is 2.20. The minimum absolute atomic E-state index is 0.0620. The number of aromatic hydroxyl groups is 5. The predicted molar refractivity (Wildman–Crippen MR) is 157 cm³/mol. The van der Waals surface area contributed by atoms with E-state index in [-0.39, 0.29) is 56.8 Å². The second kappa shape index (κ2) is 10.4. The molecule has 0 aliphatic carbocycles. The van der Waals surface area contributed by atoms with E-state index in [0.717, 1.165) is 0 Å². The number of benzene rings is 4. The van der Waals surface area contributed by atoms with Gasteiger partial charge in [0.25, 0.3) is 0 Å². The number of phenolic OH excluding ortho intramolecular Hbond substituents is 5. The topological polar surface area (TPSA) is 135 Å². The molecule has 0 bridgehead atoms. The molecule has 0 fully saturated rings. The highest BCUT2D eigenvalue weighted by Gasteiger charge is 2.29. The molecule has 0 spiro atoms. The van der Waals surface area contributed by atoms with Gasteiger partial charge < -0.3 is 25.5 Å². The molecule has 0 aromatic heterocycles. The zero-order valence-electron chi connectivity index (χ0n) is 23.9. The maximum absolute atomic E-state index is 13.3. The molecule has 5 N–H and O–H groups in total. The van der Waals surface area contributed by atoms with Gasteiger partial charge in [-0.2, -0.15) is 0 Å². The Bertz CT molecular complexity index is 1590. The number of Topliss-reactive ketones (excluding diaryl/α,β-unsaturated/α-hetero) is 2. The normalized spacial score (nSPS) is 13.1. The molecule has 0 radical (unpaired) electrons. The number of hydrogen-bond donors (Lipinski definition) is 5. The van der Waals surface area contributed by atoms with E-state index in [1.807, 2.05) is 13.8 Å². The van der Waals surface area contributed by atoms with Crippen molar-refractivity contribution in [2.45, 2.75) is 61.3 Å². The molecule has 40 heavy (non-hydrogen) atoms. The fraction of sp³-hybridized carbons (Fsp3) is 0.333. The zero-order valence-corrected chi connectivity index (χ0v) is 23.9. The largest absolute Gasteiger partial charge is 0.507 e. The number of carbonyl (C=O) groups is 2. The summed E-state index contributed by atoms with van der Waals surface area (Å²) in [7, 11) is 0. The Morgan fingerprint density at radius 2 is 0.950 bits per heavy atom. The van der Waals surface area contributed by atoms with Gasteiger partial charge in [-0.1, -0.05) is 27.7 Å². The fourth-order valence-corrected chi connectivity index (χ4v) is 5.40. The van der Waals surface area contributed by atoms with Crippen LogP contribution in [-0.2, 0) is 0 Å². The van der Waals surface area contributed by atoms with E-state index in [1.54, 1.807) is 52.8 Å². The third-order valence-corrected chi connectivity index (χ3v) is 8.21. The highest BCUT2D eigenvalue weighted by Crippen LogP contribution is 2.50. The van der Waals surface area contributed by atoms with Gasteiger partial charge in [0.05, 0.1) is 11.1 Å². The third kappa shape index (κ3) is 4.30. The Hall–Kier alpha value is -4.26. The van der Waals surface area contributed by atoms with Crippen LogP contribution in [0.5, 0.6) is 28.7 Å². The molecule has 2 atom stereocenters. The van der Waals surface area contributed by atoms with E-state index >= 15 is 0 Å². The summed E-state index contributed by atoms with van der Waals surface area (Å²) in [4.78, 5) is 26.4. The van der Waals surface area contributed by atoms with E-state index < -0.39 is 17.4 Å². The van der Waals surface area contributed by atoms with Gasteiger partial charge in [-0.15, -0.1) is 0 Å². The summed E-state index contributed by atoms with van der Waals surface area (Å²) >= 11 is 0. The molecule has 0 saturated carbocycles. The molecule has 4 rings (SSSR count). The first-order valence-corrected chi connectivity index (χ1v) is 13.5. The van der Waals surface area contributed by atoms with Crippen LogP contribution in [-0.4, -0.2) is 37.1 Å². The monoisotopic (exact) mass is 544 g/mol. The van der Waals surface area contributed by atoms with Gasteiger partial charge in [-0.25, -0.2) is 0 Å². The Kier molecular flexibility index (Phi) is 7.45. The van der Waals surface area contributed by atoms with E-state index in [9.17, 15) is 35.1 Å². The SMILES string of the molecule is CCC(C)C(=O)c1c(O)c(C)cc2c(O)c(-c3c(C)cc4c(C(=O)C(C)CC)c(O)c(O)cc4c3O)c(C)cc12. The maximum atomic E-state index is 13.3. The van der Waals surface area contributed by atoms with E-state index in [1.165, 1.54) is 6.07 Å². The molecule has 7 heteroatoms. The van der Waals surface area contributed by atoms with Gasteiger partial charge in [-0.05, 0) is 74.6 Å². The van der Waals surface area contributed by atoms with Crippen molar-refractivity contribution in [3.63, 3.8) is 0 Å². The number of rotatable bonds is 7. The van der Waals surface area contributed by atoms with Crippen molar-refractivity contribution in [2.24, 2.45) is 11.8 Å². The lowest BCUT2D eigenvalue weighted by Gasteiger charge is -2.21. The molecule has 2 unspecified atom stereocenters. The number of aryl methyl sites for hydroxylation is 3. The maximum Gasteiger partial charge on any atom is 0.170 e.